The molecule has 5 heteroatoms. The van der Waals surface area contributed by atoms with Crippen LogP contribution in [0.15, 0.2) is 36.7 Å². The van der Waals surface area contributed by atoms with Crippen LogP contribution < -0.4 is 10.1 Å². The molecule has 5 nitrogen and oxygen atoms in total. The summed E-state index contributed by atoms with van der Waals surface area (Å²) < 4.78 is 7.04. The summed E-state index contributed by atoms with van der Waals surface area (Å²) in [6, 6.07) is 7.04. The molecule has 1 aromatic heterocycles. The van der Waals surface area contributed by atoms with Gasteiger partial charge in [0, 0.05) is 31.0 Å². The van der Waals surface area contributed by atoms with Gasteiger partial charge in [-0.1, -0.05) is 0 Å². The van der Waals surface area contributed by atoms with Crippen LogP contribution in [-0.2, 0) is 6.54 Å². The molecule has 0 aliphatic carbocycles. The number of ether oxygens (including phenoxy) is 1. The van der Waals surface area contributed by atoms with Gasteiger partial charge in [0.15, 0.2) is 0 Å². The van der Waals surface area contributed by atoms with Crippen LogP contribution in [0.1, 0.15) is 16.2 Å². The van der Waals surface area contributed by atoms with Crippen molar-refractivity contribution in [3.63, 3.8) is 0 Å². The lowest BCUT2D eigenvalue weighted by molar-refractivity contribution is 0.0952. The fourth-order valence-electron chi connectivity index (χ4n) is 1.77. The lowest BCUT2D eigenvalue weighted by Gasteiger charge is -2.07. The third-order valence-electron chi connectivity index (χ3n) is 2.91. The molecule has 0 fully saturated rings. The molecule has 1 N–H and O–H groups in total. The number of hydrogen-bond donors (Lipinski definition) is 1. The summed E-state index contributed by atoms with van der Waals surface area (Å²) in [6.45, 7) is 3.22. The van der Waals surface area contributed by atoms with Crippen molar-refractivity contribution < 1.29 is 9.53 Å². The molecule has 0 saturated carbocycles. The first kappa shape index (κ1) is 13.1. The monoisotopic (exact) mass is 259 g/mol. The molecule has 2 rings (SSSR count). The van der Waals surface area contributed by atoms with Crippen LogP contribution in [0.5, 0.6) is 5.75 Å². The van der Waals surface area contributed by atoms with Gasteiger partial charge in [0.25, 0.3) is 5.91 Å². The van der Waals surface area contributed by atoms with E-state index in [1.54, 1.807) is 37.6 Å². The van der Waals surface area contributed by atoms with E-state index in [4.69, 9.17) is 4.74 Å². The second-order valence-corrected chi connectivity index (χ2v) is 4.15. The van der Waals surface area contributed by atoms with Gasteiger partial charge >= 0.3 is 0 Å². The van der Waals surface area contributed by atoms with E-state index in [-0.39, 0.29) is 5.91 Å². The molecule has 0 aliphatic heterocycles. The number of carbonyl (C=O) groups excluding carboxylic acids is 1. The largest absolute Gasteiger partial charge is 0.497 e. The highest BCUT2D eigenvalue weighted by Crippen LogP contribution is 2.10. The molecule has 0 aliphatic rings. The predicted molar refractivity (Wildman–Crippen MR) is 72.3 cm³/mol. The van der Waals surface area contributed by atoms with Gasteiger partial charge in [-0.15, -0.1) is 0 Å². The number of aryl methyl sites for hydroxylation is 1. The smallest absolute Gasteiger partial charge is 0.251 e. The van der Waals surface area contributed by atoms with Crippen molar-refractivity contribution in [3.05, 3.63) is 48.0 Å². The van der Waals surface area contributed by atoms with E-state index in [1.807, 2.05) is 17.7 Å². The molecule has 1 heterocycles. The normalized spacial score (nSPS) is 10.2. The molecule has 19 heavy (non-hydrogen) atoms. The molecular formula is C14H17N3O2. The van der Waals surface area contributed by atoms with Gasteiger partial charge in [-0.05, 0) is 31.2 Å². The van der Waals surface area contributed by atoms with Crippen molar-refractivity contribution in [2.75, 3.05) is 13.7 Å². The van der Waals surface area contributed by atoms with E-state index in [2.05, 4.69) is 10.3 Å². The minimum atomic E-state index is -0.0829. The zero-order chi connectivity index (χ0) is 13.7. The van der Waals surface area contributed by atoms with E-state index in [1.165, 1.54) is 0 Å². The van der Waals surface area contributed by atoms with Crippen LogP contribution >= 0.6 is 0 Å². The summed E-state index contributed by atoms with van der Waals surface area (Å²) >= 11 is 0. The van der Waals surface area contributed by atoms with Crippen molar-refractivity contribution in [1.29, 1.82) is 0 Å². The van der Waals surface area contributed by atoms with E-state index >= 15 is 0 Å². The quantitative estimate of drug-likeness (QED) is 0.888. The van der Waals surface area contributed by atoms with Gasteiger partial charge in [0.05, 0.1) is 7.11 Å². The Morgan fingerprint density at radius 1 is 1.37 bits per heavy atom. The molecule has 1 amide bonds. The van der Waals surface area contributed by atoms with Crippen LogP contribution in [0, 0.1) is 6.92 Å². The number of nitrogens with zero attached hydrogens (tertiary/aromatic N) is 2. The number of aromatic nitrogens is 2. The third kappa shape index (κ3) is 3.34. The molecule has 0 bridgehead atoms. The van der Waals surface area contributed by atoms with Crippen LogP contribution in [0.3, 0.4) is 0 Å². The van der Waals surface area contributed by atoms with Crippen molar-refractivity contribution in [3.8, 4) is 5.75 Å². The number of methoxy groups -OCH3 is 1. The van der Waals surface area contributed by atoms with Crippen molar-refractivity contribution in [2.24, 2.45) is 0 Å². The van der Waals surface area contributed by atoms with Crippen LogP contribution in [-0.4, -0.2) is 29.1 Å². The van der Waals surface area contributed by atoms with Gasteiger partial charge in [-0.3, -0.25) is 4.79 Å². The maximum atomic E-state index is 11.9. The zero-order valence-corrected chi connectivity index (χ0v) is 11.1. The number of amides is 1. The Labute approximate surface area is 112 Å². The van der Waals surface area contributed by atoms with E-state index in [9.17, 15) is 4.79 Å². The van der Waals surface area contributed by atoms with E-state index in [0.29, 0.717) is 18.7 Å². The second kappa shape index (κ2) is 6.04. The molecule has 0 atom stereocenters. The number of imidazole rings is 1. The molecule has 0 spiro atoms. The summed E-state index contributed by atoms with van der Waals surface area (Å²) in [5, 5.41) is 2.87. The highest BCUT2D eigenvalue weighted by molar-refractivity contribution is 5.94. The Bertz CT molecular complexity index is 546. The lowest BCUT2D eigenvalue weighted by Crippen LogP contribution is -2.27. The van der Waals surface area contributed by atoms with Gasteiger partial charge in [-0.25, -0.2) is 4.98 Å². The summed E-state index contributed by atoms with van der Waals surface area (Å²) in [6.07, 6.45) is 3.65. The van der Waals surface area contributed by atoms with Crippen LogP contribution in [0.4, 0.5) is 0 Å². The number of benzene rings is 1. The fraction of sp³-hybridized carbons (Fsp3) is 0.286. The second-order valence-electron chi connectivity index (χ2n) is 4.15. The average molecular weight is 259 g/mol. The lowest BCUT2D eigenvalue weighted by atomic mass is 10.2. The molecule has 0 unspecified atom stereocenters. The van der Waals surface area contributed by atoms with Crippen molar-refractivity contribution in [1.82, 2.24) is 14.9 Å². The first-order valence-corrected chi connectivity index (χ1v) is 6.10. The van der Waals surface area contributed by atoms with E-state index in [0.717, 1.165) is 11.6 Å². The molecule has 0 radical (unpaired) electrons. The number of rotatable bonds is 5. The van der Waals surface area contributed by atoms with Crippen LogP contribution in [0.25, 0.3) is 0 Å². The van der Waals surface area contributed by atoms with Gasteiger partial charge in [0.2, 0.25) is 0 Å². The highest BCUT2D eigenvalue weighted by atomic mass is 16.5. The topological polar surface area (TPSA) is 56.1 Å². The van der Waals surface area contributed by atoms with Crippen molar-refractivity contribution >= 4 is 5.91 Å². The predicted octanol–water partition coefficient (Wildman–Crippen LogP) is 1.63. The fourth-order valence-corrected chi connectivity index (χ4v) is 1.77. The van der Waals surface area contributed by atoms with Gasteiger partial charge in [-0.2, -0.15) is 0 Å². The average Bonchev–Trinajstić information content (AvgIpc) is 2.84. The maximum absolute atomic E-state index is 11.9. The SMILES string of the molecule is COc1ccc(C(=O)NCCn2ccnc2C)cc1. The Kier molecular flexibility index (Phi) is 4.18. The first-order chi connectivity index (χ1) is 9.20. The Balaban J connectivity index is 1.85. The minimum Gasteiger partial charge on any atom is -0.497 e. The zero-order valence-electron chi connectivity index (χ0n) is 11.1. The third-order valence-corrected chi connectivity index (χ3v) is 2.91. The minimum absolute atomic E-state index is 0.0829. The number of hydrogen-bond acceptors (Lipinski definition) is 3. The highest BCUT2D eigenvalue weighted by Gasteiger charge is 2.05. The summed E-state index contributed by atoms with van der Waals surface area (Å²) in [4.78, 5) is 16.0. The Morgan fingerprint density at radius 2 is 2.11 bits per heavy atom. The van der Waals surface area contributed by atoms with Crippen molar-refractivity contribution in [2.45, 2.75) is 13.5 Å². The standard InChI is InChI=1S/C14H17N3O2/c1-11-15-7-9-17(11)10-8-16-14(18)12-3-5-13(19-2)6-4-12/h3-7,9H,8,10H2,1-2H3,(H,16,18). The number of carbonyl (C=O) groups is 1. The molecule has 0 saturated heterocycles. The summed E-state index contributed by atoms with van der Waals surface area (Å²) in [7, 11) is 1.60. The van der Waals surface area contributed by atoms with Crippen LogP contribution in [0.2, 0.25) is 0 Å². The Hall–Kier alpha value is -2.30. The summed E-state index contributed by atoms with van der Waals surface area (Å²) in [5.41, 5.74) is 0.628. The summed E-state index contributed by atoms with van der Waals surface area (Å²) in [5.74, 6) is 1.60. The molecule has 100 valence electrons. The number of nitrogens with one attached hydrogen (secondary N) is 1. The van der Waals surface area contributed by atoms with Gasteiger partial charge < -0.3 is 14.6 Å². The molecule has 2 aromatic rings. The molecular weight excluding hydrogens is 242 g/mol. The maximum Gasteiger partial charge on any atom is 0.251 e. The van der Waals surface area contributed by atoms with Gasteiger partial charge in [0.1, 0.15) is 11.6 Å². The molecule has 1 aromatic carbocycles. The first-order valence-electron chi connectivity index (χ1n) is 6.10. The van der Waals surface area contributed by atoms with E-state index < -0.39 is 0 Å². The Morgan fingerprint density at radius 3 is 2.68 bits per heavy atom.